The third kappa shape index (κ3) is 5.96. The Morgan fingerprint density at radius 3 is 2.73 bits per heavy atom. The molecule has 0 bridgehead atoms. The van der Waals surface area contributed by atoms with Gasteiger partial charge in [-0.15, -0.1) is 11.3 Å². The normalized spacial score (nSPS) is 15.1. The Morgan fingerprint density at radius 2 is 2.02 bits per heavy atom. The number of imidazole rings is 1. The van der Waals surface area contributed by atoms with Crippen LogP contribution in [-0.4, -0.2) is 29.6 Å². The second kappa shape index (κ2) is 11.5. The largest absolute Gasteiger partial charge is 0.493 e. The van der Waals surface area contributed by atoms with Crippen molar-refractivity contribution in [3.63, 3.8) is 0 Å². The average Bonchev–Trinajstić information content (AvgIpc) is 3.54. The fraction of sp³-hybridized carbons (Fsp3) is 0.312. The fourth-order valence-electron chi connectivity index (χ4n) is 5.13. The van der Waals surface area contributed by atoms with Crippen LogP contribution in [0.25, 0.3) is 22.7 Å². The minimum Gasteiger partial charge on any atom is -0.493 e. The minimum absolute atomic E-state index is 0.194. The topological polar surface area (TPSA) is 124 Å². The molecule has 0 unspecified atom stereocenters. The van der Waals surface area contributed by atoms with Crippen molar-refractivity contribution in [1.29, 1.82) is 10.5 Å². The molecule has 0 saturated carbocycles. The summed E-state index contributed by atoms with van der Waals surface area (Å²) in [6.07, 6.45) is 4.53. The van der Waals surface area contributed by atoms with E-state index in [1.807, 2.05) is 24.3 Å². The molecule has 0 radical (unpaired) electrons. The molecule has 1 aliphatic rings. The molecule has 5 rings (SSSR count). The standard InChI is InChI=1S/C32H31N5O3S/c1-32(2,3)21-10-11-22-23(17-34)31(41-28(22)15-21)37-29(38)18-40-26-12-9-19(14-27(26)39-4)13-20(16-33)30-35-24-7-5-6-8-25(24)36-30/h5-9,12-14,21H,10-11,15,18H2,1-4H3,(H,35,36)(H,37,38)/b20-13+/t21-/m0/s1. The van der Waals surface area contributed by atoms with Crippen LogP contribution in [0.1, 0.15) is 54.6 Å². The number of carbonyl (C=O) groups excluding carboxylic acids is 1. The van der Waals surface area contributed by atoms with Crippen LogP contribution in [0.2, 0.25) is 0 Å². The highest BCUT2D eigenvalue weighted by molar-refractivity contribution is 7.16. The summed E-state index contributed by atoms with van der Waals surface area (Å²) in [6, 6.07) is 17.3. The van der Waals surface area contributed by atoms with Crippen LogP contribution in [0.5, 0.6) is 11.5 Å². The number of nitrogens with one attached hydrogen (secondary N) is 2. The van der Waals surface area contributed by atoms with Crippen LogP contribution < -0.4 is 14.8 Å². The fourth-order valence-corrected chi connectivity index (χ4v) is 6.43. The van der Waals surface area contributed by atoms with Gasteiger partial charge in [0.1, 0.15) is 23.0 Å². The number of nitriles is 2. The monoisotopic (exact) mass is 565 g/mol. The van der Waals surface area contributed by atoms with Crippen molar-refractivity contribution < 1.29 is 14.3 Å². The predicted molar refractivity (Wildman–Crippen MR) is 161 cm³/mol. The van der Waals surface area contributed by atoms with E-state index in [0.29, 0.717) is 44.9 Å². The molecule has 1 amide bonds. The Labute approximate surface area is 243 Å². The van der Waals surface area contributed by atoms with Crippen LogP contribution in [0.15, 0.2) is 42.5 Å². The molecule has 2 N–H and O–H groups in total. The van der Waals surface area contributed by atoms with E-state index >= 15 is 0 Å². The number of carbonyl (C=O) groups is 1. The summed E-state index contributed by atoms with van der Waals surface area (Å²) in [5.41, 5.74) is 4.55. The minimum atomic E-state index is -0.352. The van der Waals surface area contributed by atoms with Gasteiger partial charge in [-0.1, -0.05) is 39.0 Å². The van der Waals surface area contributed by atoms with Gasteiger partial charge in [-0.3, -0.25) is 4.79 Å². The summed E-state index contributed by atoms with van der Waals surface area (Å²) in [5, 5.41) is 23.1. The average molecular weight is 566 g/mol. The molecule has 0 fully saturated rings. The van der Waals surface area contributed by atoms with Gasteiger partial charge in [-0.25, -0.2) is 4.98 Å². The summed E-state index contributed by atoms with van der Waals surface area (Å²) in [4.78, 5) is 21.7. The molecule has 0 saturated heterocycles. The maximum atomic E-state index is 12.8. The third-order valence-electron chi connectivity index (χ3n) is 7.48. The van der Waals surface area contributed by atoms with Gasteiger partial charge >= 0.3 is 0 Å². The van der Waals surface area contributed by atoms with Gasteiger partial charge in [0.2, 0.25) is 0 Å². The first-order chi connectivity index (χ1) is 19.7. The highest BCUT2D eigenvalue weighted by Crippen LogP contribution is 2.44. The summed E-state index contributed by atoms with van der Waals surface area (Å²) in [5.74, 6) is 1.48. The zero-order valence-electron chi connectivity index (χ0n) is 23.5. The summed E-state index contributed by atoms with van der Waals surface area (Å²) in [6.45, 7) is 6.51. The van der Waals surface area contributed by atoms with Gasteiger partial charge in [0.05, 0.1) is 29.3 Å². The number of benzene rings is 2. The van der Waals surface area contributed by atoms with Crippen LogP contribution >= 0.6 is 11.3 Å². The first-order valence-electron chi connectivity index (χ1n) is 13.4. The quantitative estimate of drug-likeness (QED) is 0.239. The number of aromatic nitrogens is 2. The first kappa shape index (κ1) is 27.9. The number of hydrogen-bond acceptors (Lipinski definition) is 7. The molecule has 4 aromatic rings. The van der Waals surface area contributed by atoms with E-state index in [2.05, 4.69) is 48.2 Å². The number of rotatable bonds is 7. The van der Waals surface area contributed by atoms with E-state index in [-0.39, 0.29) is 17.9 Å². The summed E-state index contributed by atoms with van der Waals surface area (Å²) < 4.78 is 11.3. The lowest BCUT2D eigenvalue weighted by Gasteiger charge is -2.33. The Balaban J connectivity index is 1.27. The van der Waals surface area contributed by atoms with Crippen LogP contribution in [0, 0.1) is 34.0 Å². The first-order valence-corrected chi connectivity index (χ1v) is 14.2. The van der Waals surface area contributed by atoms with E-state index in [1.165, 1.54) is 23.3 Å². The number of nitrogens with zero attached hydrogens (tertiary/aromatic N) is 3. The SMILES string of the molecule is COc1cc(/C=C(\C#N)c2nc3ccccc3[nH]2)ccc1OCC(=O)Nc1sc2c(c1C#N)CC[C@H](C(C)(C)C)C2. The van der Waals surface area contributed by atoms with Gasteiger partial charge in [0.25, 0.3) is 5.91 Å². The van der Waals surface area contributed by atoms with E-state index in [0.717, 1.165) is 35.9 Å². The number of anilines is 1. The van der Waals surface area contributed by atoms with E-state index < -0.39 is 0 Å². The van der Waals surface area contributed by atoms with Gasteiger partial charge in [-0.05, 0) is 72.1 Å². The van der Waals surface area contributed by atoms with E-state index in [4.69, 9.17) is 9.47 Å². The van der Waals surface area contributed by atoms with Gasteiger partial charge in [0, 0.05) is 4.88 Å². The number of thiophene rings is 1. The molecule has 0 spiro atoms. The second-order valence-corrected chi connectivity index (χ2v) is 12.3. The number of ether oxygens (including phenoxy) is 2. The summed E-state index contributed by atoms with van der Waals surface area (Å²) in [7, 11) is 1.51. The number of hydrogen-bond donors (Lipinski definition) is 2. The molecule has 41 heavy (non-hydrogen) atoms. The number of methoxy groups -OCH3 is 1. The maximum absolute atomic E-state index is 12.8. The van der Waals surface area contributed by atoms with Crippen LogP contribution in [0.4, 0.5) is 5.00 Å². The number of amides is 1. The Morgan fingerprint density at radius 1 is 1.22 bits per heavy atom. The summed E-state index contributed by atoms with van der Waals surface area (Å²) >= 11 is 1.50. The molecular formula is C32H31N5O3S. The highest BCUT2D eigenvalue weighted by atomic mass is 32.1. The Bertz CT molecular complexity index is 1700. The van der Waals surface area contributed by atoms with Crippen LogP contribution in [-0.2, 0) is 17.6 Å². The molecule has 208 valence electrons. The lowest BCUT2D eigenvalue weighted by atomic mass is 9.72. The van der Waals surface area contributed by atoms with Crippen molar-refractivity contribution in [3.05, 3.63) is 69.9 Å². The number of para-hydroxylation sites is 2. The maximum Gasteiger partial charge on any atom is 0.262 e. The Hall–Kier alpha value is -4.60. The van der Waals surface area contributed by atoms with Crippen molar-refractivity contribution in [2.75, 3.05) is 19.0 Å². The van der Waals surface area contributed by atoms with Crippen LogP contribution in [0.3, 0.4) is 0 Å². The van der Waals surface area contributed by atoms with Gasteiger partial charge in [0.15, 0.2) is 18.1 Å². The molecule has 9 heteroatoms. The Kier molecular flexibility index (Phi) is 7.83. The number of allylic oxidation sites excluding steroid dienone is 1. The van der Waals surface area contributed by atoms with Crippen molar-refractivity contribution in [3.8, 4) is 23.6 Å². The molecule has 2 aromatic heterocycles. The smallest absolute Gasteiger partial charge is 0.262 e. The van der Waals surface area contributed by atoms with E-state index in [1.54, 1.807) is 24.3 Å². The zero-order valence-corrected chi connectivity index (χ0v) is 24.3. The van der Waals surface area contributed by atoms with Crippen molar-refractivity contribution in [1.82, 2.24) is 9.97 Å². The molecule has 1 atom stereocenters. The number of aromatic amines is 1. The van der Waals surface area contributed by atoms with Crippen molar-refractivity contribution >= 4 is 44.9 Å². The predicted octanol–water partition coefficient (Wildman–Crippen LogP) is 6.74. The number of H-pyrrole nitrogens is 1. The third-order valence-corrected chi connectivity index (χ3v) is 8.65. The number of fused-ring (bicyclic) bond motifs is 2. The lowest BCUT2D eigenvalue weighted by molar-refractivity contribution is -0.118. The molecule has 0 aliphatic heterocycles. The molecule has 1 aliphatic carbocycles. The van der Waals surface area contributed by atoms with Gasteiger partial charge in [-0.2, -0.15) is 10.5 Å². The molecule has 2 heterocycles. The lowest BCUT2D eigenvalue weighted by Crippen LogP contribution is -2.26. The van der Waals surface area contributed by atoms with Crippen molar-refractivity contribution in [2.24, 2.45) is 11.3 Å². The van der Waals surface area contributed by atoms with Gasteiger partial charge < -0.3 is 19.8 Å². The second-order valence-electron chi connectivity index (χ2n) is 11.1. The van der Waals surface area contributed by atoms with E-state index in [9.17, 15) is 15.3 Å². The molecule has 2 aromatic carbocycles. The van der Waals surface area contributed by atoms with Crippen molar-refractivity contribution in [2.45, 2.75) is 40.0 Å². The molecular weight excluding hydrogens is 534 g/mol. The molecule has 8 nitrogen and oxygen atoms in total. The highest BCUT2D eigenvalue weighted by Gasteiger charge is 2.32. The zero-order chi connectivity index (χ0) is 29.1.